The molecule has 0 fully saturated rings. The monoisotopic (exact) mass is 298 g/mol. The molecular weight excluding hydrogens is 280 g/mol. The van der Waals surface area contributed by atoms with Crippen molar-refractivity contribution in [1.29, 1.82) is 0 Å². The molecule has 3 rings (SSSR count). The summed E-state index contributed by atoms with van der Waals surface area (Å²) in [6, 6.07) is 9.87. The molecule has 0 N–H and O–H groups in total. The van der Waals surface area contributed by atoms with E-state index in [1.54, 1.807) is 11.3 Å². The van der Waals surface area contributed by atoms with Crippen molar-refractivity contribution in [3.8, 4) is 5.75 Å². The smallest absolute Gasteiger partial charge is 0.196 e. The van der Waals surface area contributed by atoms with Crippen LogP contribution in [0.25, 0.3) is 20.2 Å². The fourth-order valence-electron chi connectivity index (χ4n) is 2.62. The van der Waals surface area contributed by atoms with Crippen LogP contribution in [0.2, 0.25) is 0 Å². The van der Waals surface area contributed by atoms with Crippen LogP contribution in [-0.2, 0) is 0 Å². The number of benzene rings is 2. The average Bonchev–Trinajstić information content (AvgIpc) is 2.49. The lowest BCUT2D eigenvalue weighted by atomic mass is 10.0. The Morgan fingerprint density at radius 2 is 1.95 bits per heavy atom. The minimum Gasteiger partial charge on any atom is -0.493 e. The van der Waals surface area contributed by atoms with Crippen molar-refractivity contribution in [3.63, 3.8) is 0 Å². The molecule has 0 aliphatic rings. The maximum absolute atomic E-state index is 12.8. The number of hydrogen-bond donors (Lipinski definition) is 0. The van der Waals surface area contributed by atoms with E-state index in [0.29, 0.717) is 6.61 Å². The van der Waals surface area contributed by atoms with Gasteiger partial charge in [0.25, 0.3) is 0 Å². The van der Waals surface area contributed by atoms with E-state index in [1.807, 2.05) is 38.1 Å². The molecule has 1 heterocycles. The van der Waals surface area contributed by atoms with Crippen molar-refractivity contribution in [2.24, 2.45) is 0 Å². The summed E-state index contributed by atoms with van der Waals surface area (Å²) in [5.74, 6) is 0.835. The van der Waals surface area contributed by atoms with E-state index in [4.69, 9.17) is 4.74 Å². The largest absolute Gasteiger partial charge is 0.493 e. The molecule has 0 unspecified atom stereocenters. The van der Waals surface area contributed by atoms with Gasteiger partial charge in [0.1, 0.15) is 5.75 Å². The molecule has 3 aromatic rings. The van der Waals surface area contributed by atoms with Gasteiger partial charge in [-0.05, 0) is 44.0 Å². The topological polar surface area (TPSA) is 26.3 Å². The summed E-state index contributed by atoms with van der Waals surface area (Å²) in [5, 5.41) is 1.61. The Morgan fingerprint density at radius 1 is 1.19 bits per heavy atom. The van der Waals surface area contributed by atoms with Crippen molar-refractivity contribution in [1.82, 2.24) is 0 Å². The molecule has 0 radical (unpaired) electrons. The van der Waals surface area contributed by atoms with Gasteiger partial charge in [0.15, 0.2) is 5.43 Å². The zero-order valence-corrected chi connectivity index (χ0v) is 13.3. The predicted octanol–water partition coefficient (Wildman–Crippen LogP) is 4.82. The summed E-state index contributed by atoms with van der Waals surface area (Å²) in [6.07, 6.45) is 0.959. The molecule has 0 atom stereocenters. The van der Waals surface area contributed by atoms with Crippen molar-refractivity contribution < 1.29 is 4.74 Å². The van der Waals surface area contributed by atoms with E-state index < -0.39 is 0 Å². The highest BCUT2D eigenvalue weighted by Gasteiger charge is 2.14. The Kier molecular flexibility index (Phi) is 3.68. The Morgan fingerprint density at radius 3 is 2.71 bits per heavy atom. The first kappa shape index (κ1) is 14.1. The number of aryl methyl sites for hydroxylation is 2. The van der Waals surface area contributed by atoms with Gasteiger partial charge in [-0.2, -0.15) is 0 Å². The number of rotatable bonds is 3. The van der Waals surface area contributed by atoms with E-state index >= 15 is 0 Å². The van der Waals surface area contributed by atoms with Crippen LogP contribution in [-0.4, -0.2) is 6.61 Å². The molecule has 0 amide bonds. The van der Waals surface area contributed by atoms with Crippen LogP contribution in [0, 0.1) is 13.8 Å². The van der Waals surface area contributed by atoms with Crippen molar-refractivity contribution in [2.75, 3.05) is 6.61 Å². The summed E-state index contributed by atoms with van der Waals surface area (Å²) in [6.45, 7) is 6.79. The van der Waals surface area contributed by atoms with Crippen LogP contribution in [0.4, 0.5) is 0 Å². The SMILES string of the molecule is CCCOc1cc(C)c2sc3ccccc3c(=O)c2c1C. The molecule has 2 nitrogen and oxygen atoms in total. The fourth-order valence-corrected chi connectivity index (χ4v) is 3.82. The Hall–Kier alpha value is -1.87. The van der Waals surface area contributed by atoms with E-state index in [1.165, 1.54) is 0 Å². The van der Waals surface area contributed by atoms with E-state index in [0.717, 1.165) is 43.5 Å². The third kappa shape index (κ3) is 2.32. The first-order chi connectivity index (χ1) is 10.1. The second kappa shape index (κ2) is 5.49. The molecule has 0 saturated heterocycles. The minimum atomic E-state index is 0.113. The first-order valence-electron chi connectivity index (χ1n) is 7.22. The molecule has 2 aromatic carbocycles. The molecule has 0 bridgehead atoms. The van der Waals surface area contributed by atoms with Crippen molar-refractivity contribution >= 4 is 31.5 Å². The highest BCUT2D eigenvalue weighted by atomic mass is 32.1. The Bertz CT molecular complexity index is 878. The lowest BCUT2D eigenvalue weighted by molar-refractivity contribution is 0.315. The van der Waals surface area contributed by atoms with Gasteiger partial charge in [0.2, 0.25) is 0 Å². The molecule has 1 aromatic heterocycles. The van der Waals surface area contributed by atoms with Gasteiger partial charge in [-0.3, -0.25) is 4.79 Å². The molecule has 0 aliphatic carbocycles. The second-order valence-corrected chi connectivity index (χ2v) is 6.35. The molecular formula is C18H18O2S. The lowest BCUT2D eigenvalue weighted by Crippen LogP contribution is -2.06. The van der Waals surface area contributed by atoms with Gasteiger partial charge in [-0.1, -0.05) is 19.1 Å². The van der Waals surface area contributed by atoms with Crippen LogP contribution in [0.3, 0.4) is 0 Å². The zero-order chi connectivity index (χ0) is 15.0. The summed E-state index contributed by atoms with van der Waals surface area (Å²) < 4.78 is 7.92. The number of hydrogen-bond acceptors (Lipinski definition) is 3. The maximum Gasteiger partial charge on any atom is 0.196 e. The standard InChI is InChI=1S/C18H18O2S/c1-4-9-20-14-10-11(2)18-16(12(14)3)17(19)13-7-5-6-8-15(13)21-18/h5-8,10H,4,9H2,1-3H3. The van der Waals surface area contributed by atoms with Crippen LogP contribution in [0.15, 0.2) is 35.1 Å². The molecule has 0 saturated carbocycles. The van der Waals surface area contributed by atoms with Gasteiger partial charge in [-0.25, -0.2) is 0 Å². The van der Waals surface area contributed by atoms with Crippen LogP contribution < -0.4 is 10.2 Å². The van der Waals surface area contributed by atoms with E-state index in [9.17, 15) is 4.79 Å². The molecule has 0 aliphatic heterocycles. The summed E-state index contributed by atoms with van der Waals surface area (Å²) in [7, 11) is 0. The van der Waals surface area contributed by atoms with Crippen LogP contribution in [0.1, 0.15) is 24.5 Å². The lowest BCUT2D eigenvalue weighted by Gasteiger charge is -2.13. The average molecular weight is 298 g/mol. The zero-order valence-electron chi connectivity index (χ0n) is 12.5. The van der Waals surface area contributed by atoms with E-state index in [-0.39, 0.29) is 5.43 Å². The van der Waals surface area contributed by atoms with Crippen molar-refractivity contribution in [3.05, 3.63) is 51.7 Å². The predicted molar refractivity (Wildman–Crippen MR) is 90.9 cm³/mol. The van der Waals surface area contributed by atoms with Gasteiger partial charge in [0.05, 0.1) is 6.61 Å². The van der Waals surface area contributed by atoms with Crippen LogP contribution >= 0.6 is 11.3 Å². The minimum absolute atomic E-state index is 0.113. The highest BCUT2D eigenvalue weighted by molar-refractivity contribution is 7.24. The number of fused-ring (bicyclic) bond motifs is 2. The van der Waals surface area contributed by atoms with Gasteiger partial charge >= 0.3 is 0 Å². The summed E-state index contributed by atoms with van der Waals surface area (Å²) in [5.41, 5.74) is 2.17. The third-order valence-electron chi connectivity index (χ3n) is 3.71. The van der Waals surface area contributed by atoms with Crippen molar-refractivity contribution in [2.45, 2.75) is 27.2 Å². The molecule has 3 heteroatoms. The summed E-state index contributed by atoms with van der Waals surface area (Å²) >= 11 is 1.68. The molecule has 21 heavy (non-hydrogen) atoms. The van der Waals surface area contributed by atoms with Gasteiger partial charge in [0, 0.05) is 25.7 Å². The van der Waals surface area contributed by atoms with Gasteiger partial charge < -0.3 is 4.74 Å². The maximum atomic E-state index is 12.8. The number of ether oxygens (including phenoxy) is 1. The Balaban J connectivity index is 2.40. The Labute approximate surface area is 128 Å². The molecule has 108 valence electrons. The quantitative estimate of drug-likeness (QED) is 0.648. The third-order valence-corrected chi connectivity index (χ3v) is 5.02. The normalized spacial score (nSPS) is 11.2. The first-order valence-corrected chi connectivity index (χ1v) is 8.03. The van der Waals surface area contributed by atoms with Crippen LogP contribution in [0.5, 0.6) is 5.75 Å². The van der Waals surface area contributed by atoms with Gasteiger partial charge in [-0.15, -0.1) is 11.3 Å². The second-order valence-electron chi connectivity index (χ2n) is 5.30. The molecule has 0 spiro atoms. The fraction of sp³-hybridized carbons (Fsp3) is 0.278. The van der Waals surface area contributed by atoms with E-state index in [2.05, 4.69) is 13.0 Å². The highest BCUT2D eigenvalue weighted by Crippen LogP contribution is 2.34. The summed E-state index contributed by atoms with van der Waals surface area (Å²) in [4.78, 5) is 12.8.